The summed E-state index contributed by atoms with van der Waals surface area (Å²) in [5, 5.41) is 2.77. The van der Waals surface area contributed by atoms with Crippen molar-refractivity contribution in [2.24, 2.45) is 0 Å². The average Bonchev–Trinajstić information content (AvgIpc) is 2.85. The number of anilines is 2. The Morgan fingerprint density at radius 2 is 1.76 bits per heavy atom. The second-order valence-corrected chi connectivity index (χ2v) is 9.53. The molecule has 3 aromatic carbocycles. The number of nitrogens with one attached hydrogen (secondary N) is 1. The summed E-state index contributed by atoms with van der Waals surface area (Å²) in [5.41, 5.74) is 1.80. The van der Waals surface area contributed by atoms with E-state index < -0.39 is 28.0 Å². The zero-order chi connectivity index (χ0) is 24.3. The first-order valence-corrected chi connectivity index (χ1v) is 12.2. The molecule has 1 aliphatic rings. The third kappa shape index (κ3) is 4.60. The van der Waals surface area contributed by atoms with Crippen LogP contribution in [0.5, 0.6) is 5.75 Å². The summed E-state index contributed by atoms with van der Waals surface area (Å²) in [5.74, 6) is -0.752. The number of rotatable bonds is 6. The van der Waals surface area contributed by atoms with Crippen LogP contribution in [0.2, 0.25) is 0 Å². The lowest BCUT2D eigenvalue weighted by Gasteiger charge is -2.34. The van der Waals surface area contributed by atoms with Crippen molar-refractivity contribution in [2.45, 2.75) is 24.8 Å². The highest BCUT2D eigenvalue weighted by atomic mass is 32.2. The number of nitrogens with zero attached hydrogens (tertiary/aromatic N) is 1. The van der Waals surface area contributed by atoms with Gasteiger partial charge in [-0.15, -0.1) is 0 Å². The highest BCUT2D eigenvalue weighted by molar-refractivity contribution is 7.92. The van der Waals surface area contributed by atoms with E-state index in [1.165, 1.54) is 22.5 Å². The van der Waals surface area contributed by atoms with Crippen molar-refractivity contribution in [3.05, 3.63) is 83.9 Å². The first kappa shape index (κ1) is 23.3. The standard InChI is InChI=1S/C25H24N2O6S/c1-3-32-25(29)18-14-13-17(2)20(15-18)26-24(28)23-16-27(21-11-7-8-12-22(21)33-23)34(30,31)19-9-5-4-6-10-19/h4-15,23H,3,16H2,1-2H3,(H,26,28). The molecule has 0 fully saturated rings. The number of sulfonamides is 1. The first-order valence-electron chi connectivity index (χ1n) is 10.7. The van der Waals surface area contributed by atoms with E-state index in [4.69, 9.17) is 9.47 Å². The van der Waals surface area contributed by atoms with Gasteiger partial charge < -0.3 is 14.8 Å². The summed E-state index contributed by atoms with van der Waals surface area (Å²) >= 11 is 0. The Morgan fingerprint density at radius 1 is 1.06 bits per heavy atom. The predicted molar refractivity (Wildman–Crippen MR) is 128 cm³/mol. The molecular weight excluding hydrogens is 456 g/mol. The third-order valence-corrected chi connectivity index (χ3v) is 7.16. The molecule has 4 rings (SSSR count). The van der Waals surface area contributed by atoms with E-state index in [1.54, 1.807) is 68.4 Å². The molecule has 1 atom stereocenters. The molecule has 1 N–H and O–H groups in total. The number of esters is 1. The highest BCUT2D eigenvalue weighted by Crippen LogP contribution is 2.37. The molecule has 0 spiro atoms. The van der Waals surface area contributed by atoms with Gasteiger partial charge in [-0.3, -0.25) is 9.10 Å². The van der Waals surface area contributed by atoms with Gasteiger partial charge in [0.2, 0.25) is 0 Å². The van der Waals surface area contributed by atoms with Gasteiger partial charge in [-0.25, -0.2) is 13.2 Å². The lowest BCUT2D eigenvalue weighted by atomic mass is 10.1. The van der Waals surface area contributed by atoms with Crippen molar-refractivity contribution in [1.82, 2.24) is 0 Å². The maximum atomic E-state index is 13.4. The van der Waals surface area contributed by atoms with Gasteiger partial charge >= 0.3 is 5.97 Å². The zero-order valence-corrected chi connectivity index (χ0v) is 19.5. The molecule has 1 amide bonds. The van der Waals surface area contributed by atoms with Crippen molar-refractivity contribution >= 4 is 33.3 Å². The number of carbonyl (C=O) groups is 2. The number of hydrogen-bond donors (Lipinski definition) is 1. The van der Waals surface area contributed by atoms with Crippen LogP contribution in [0, 0.1) is 6.92 Å². The smallest absolute Gasteiger partial charge is 0.338 e. The fourth-order valence-corrected chi connectivity index (χ4v) is 5.09. The van der Waals surface area contributed by atoms with E-state index in [1.807, 2.05) is 0 Å². The Kier molecular flexibility index (Phi) is 6.56. The van der Waals surface area contributed by atoms with Crippen molar-refractivity contribution < 1.29 is 27.5 Å². The number of ether oxygens (including phenoxy) is 2. The average molecular weight is 481 g/mol. The summed E-state index contributed by atoms with van der Waals surface area (Å²) in [6.07, 6.45) is -1.11. The lowest BCUT2D eigenvalue weighted by Crippen LogP contribution is -2.48. The van der Waals surface area contributed by atoms with Crippen molar-refractivity contribution in [1.29, 1.82) is 0 Å². The Labute approximate surface area is 198 Å². The van der Waals surface area contributed by atoms with Gasteiger partial charge in [-0.2, -0.15) is 0 Å². The van der Waals surface area contributed by atoms with Gasteiger partial charge in [0, 0.05) is 5.69 Å². The third-order valence-electron chi connectivity index (χ3n) is 5.37. The topological polar surface area (TPSA) is 102 Å². The van der Waals surface area contributed by atoms with Gasteiger partial charge in [0.25, 0.3) is 15.9 Å². The van der Waals surface area contributed by atoms with E-state index in [2.05, 4.69) is 5.32 Å². The molecule has 1 unspecified atom stereocenters. The van der Waals surface area contributed by atoms with Gasteiger partial charge in [-0.1, -0.05) is 36.4 Å². The fraction of sp³-hybridized carbons (Fsp3) is 0.200. The van der Waals surface area contributed by atoms with Crippen LogP contribution in [0.3, 0.4) is 0 Å². The van der Waals surface area contributed by atoms with Crippen LogP contribution < -0.4 is 14.4 Å². The molecule has 3 aromatic rings. The molecule has 176 valence electrons. The Hall–Kier alpha value is -3.85. The molecule has 0 saturated carbocycles. The van der Waals surface area contributed by atoms with E-state index in [0.29, 0.717) is 16.9 Å². The van der Waals surface area contributed by atoms with Crippen molar-refractivity contribution in [2.75, 3.05) is 22.8 Å². The fourth-order valence-electron chi connectivity index (χ4n) is 3.60. The summed E-state index contributed by atoms with van der Waals surface area (Å²) in [6, 6.07) is 19.5. The van der Waals surface area contributed by atoms with Crippen LogP contribution in [-0.4, -0.2) is 39.5 Å². The Morgan fingerprint density at radius 3 is 2.50 bits per heavy atom. The quantitative estimate of drug-likeness (QED) is 0.539. The van der Waals surface area contributed by atoms with Gasteiger partial charge in [0.05, 0.1) is 29.3 Å². The number of para-hydroxylation sites is 2. The Balaban J connectivity index is 1.63. The normalized spacial score (nSPS) is 15.1. The number of aryl methyl sites for hydroxylation is 1. The monoisotopic (exact) mass is 480 g/mol. The van der Waals surface area contributed by atoms with Gasteiger partial charge in [-0.05, 0) is 55.8 Å². The van der Waals surface area contributed by atoms with Crippen molar-refractivity contribution in [3.63, 3.8) is 0 Å². The molecule has 9 heteroatoms. The molecule has 0 saturated heterocycles. The zero-order valence-electron chi connectivity index (χ0n) is 18.7. The van der Waals surface area contributed by atoms with Crippen LogP contribution in [0.25, 0.3) is 0 Å². The summed E-state index contributed by atoms with van der Waals surface area (Å²) in [6.45, 7) is 3.52. The molecule has 0 bridgehead atoms. The summed E-state index contributed by atoms with van der Waals surface area (Å²) < 4.78 is 38.9. The second kappa shape index (κ2) is 9.56. The maximum absolute atomic E-state index is 13.4. The molecule has 34 heavy (non-hydrogen) atoms. The molecule has 0 radical (unpaired) electrons. The molecule has 1 aliphatic heterocycles. The number of hydrogen-bond acceptors (Lipinski definition) is 6. The second-order valence-electron chi connectivity index (χ2n) is 7.66. The number of amides is 1. The first-order chi connectivity index (χ1) is 16.3. The maximum Gasteiger partial charge on any atom is 0.338 e. The number of benzene rings is 3. The summed E-state index contributed by atoms with van der Waals surface area (Å²) in [4.78, 5) is 25.4. The number of fused-ring (bicyclic) bond motifs is 1. The van der Waals surface area contributed by atoms with Gasteiger partial charge in [0.1, 0.15) is 5.75 Å². The lowest BCUT2D eigenvalue weighted by molar-refractivity contribution is -0.122. The SMILES string of the molecule is CCOC(=O)c1ccc(C)c(NC(=O)C2CN(S(=O)(=O)c3ccccc3)c3ccccc3O2)c1. The Bertz CT molecular complexity index is 1320. The van der Waals surface area contributed by atoms with E-state index in [9.17, 15) is 18.0 Å². The molecular formula is C25H24N2O6S. The van der Waals surface area contributed by atoms with E-state index >= 15 is 0 Å². The van der Waals surface area contributed by atoms with Crippen LogP contribution in [0.15, 0.2) is 77.7 Å². The minimum Gasteiger partial charge on any atom is -0.476 e. The summed E-state index contributed by atoms with van der Waals surface area (Å²) in [7, 11) is -3.94. The molecule has 1 heterocycles. The predicted octanol–water partition coefficient (Wildman–Crippen LogP) is 3.77. The largest absolute Gasteiger partial charge is 0.476 e. The minimum atomic E-state index is -3.94. The van der Waals surface area contributed by atoms with Crippen LogP contribution in [0.4, 0.5) is 11.4 Å². The number of carbonyl (C=O) groups excluding carboxylic acids is 2. The van der Waals surface area contributed by atoms with E-state index in [-0.39, 0.29) is 23.8 Å². The van der Waals surface area contributed by atoms with Crippen molar-refractivity contribution in [3.8, 4) is 5.75 Å². The van der Waals surface area contributed by atoms with Gasteiger partial charge in [0.15, 0.2) is 6.10 Å². The van der Waals surface area contributed by atoms with Crippen LogP contribution in [0.1, 0.15) is 22.8 Å². The molecule has 0 aliphatic carbocycles. The van der Waals surface area contributed by atoms with Crippen LogP contribution in [-0.2, 0) is 19.6 Å². The molecule has 8 nitrogen and oxygen atoms in total. The van der Waals surface area contributed by atoms with Crippen LogP contribution >= 0.6 is 0 Å². The molecule has 0 aromatic heterocycles. The highest BCUT2D eigenvalue weighted by Gasteiger charge is 2.37. The minimum absolute atomic E-state index is 0.115. The van der Waals surface area contributed by atoms with E-state index in [0.717, 1.165) is 5.56 Å².